The third-order valence-electron chi connectivity index (χ3n) is 2.76. The van der Waals surface area contributed by atoms with Gasteiger partial charge in [0.05, 0.1) is 0 Å². The zero-order chi connectivity index (χ0) is 15.2. The van der Waals surface area contributed by atoms with Crippen LogP contribution in [-0.2, 0) is 23.3 Å². The van der Waals surface area contributed by atoms with E-state index in [2.05, 4.69) is 52.0 Å². The zero-order valence-electron chi connectivity index (χ0n) is 14.2. The Kier molecular flexibility index (Phi) is 24.1. The molecule has 4 heteroatoms. The third kappa shape index (κ3) is 18.4. The SMILES string of the molecule is CCC[Si](=[Zr+2])CCC.C[c-]1cccc1.C[c-]1cccc1.[Cl-].[Cl-]. The number of aryl methyl sites for hydroxylation is 2. The van der Waals surface area contributed by atoms with Crippen molar-refractivity contribution in [2.45, 2.75) is 52.6 Å². The molecule has 0 saturated carbocycles. The minimum Gasteiger partial charge on any atom is -1.00 e. The fourth-order valence-electron chi connectivity index (χ4n) is 1.67. The van der Waals surface area contributed by atoms with Crippen molar-refractivity contribution >= 4 is 5.43 Å². The first-order valence-electron chi connectivity index (χ1n) is 7.53. The first-order chi connectivity index (χ1) is 9.60. The molecule has 0 aromatic heterocycles. The van der Waals surface area contributed by atoms with E-state index in [1.807, 2.05) is 47.6 Å². The quantitative estimate of drug-likeness (QED) is 0.461. The van der Waals surface area contributed by atoms with E-state index < -0.39 is 0 Å². The van der Waals surface area contributed by atoms with Crippen molar-refractivity contribution in [3.63, 3.8) is 0 Å². The van der Waals surface area contributed by atoms with Crippen LogP contribution in [0.15, 0.2) is 48.5 Å². The summed E-state index contributed by atoms with van der Waals surface area (Å²) in [6.07, 6.45) is 2.83. The standard InChI is InChI=1S/C6H14Si.2C6H7.2ClH.Zr/c1-3-5-7-6-4-2;2*1-6-4-2-3-5-6;;;/h3-6H2,1-2H3;2*2-5H,1H3;2*1H;/q;2*-1;;;+2/p-2. The summed E-state index contributed by atoms with van der Waals surface area (Å²) < 4.78 is 0. The monoisotopic (exact) mass is 432 g/mol. The second-order valence-corrected chi connectivity index (χ2v) is 12.4. The van der Waals surface area contributed by atoms with Gasteiger partial charge in [-0.3, -0.25) is 0 Å². The van der Waals surface area contributed by atoms with Crippen molar-refractivity contribution < 1.29 is 48.1 Å². The van der Waals surface area contributed by atoms with Gasteiger partial charge < -0.3 is 24.8 Å². The van der Waals surface area contributed by atoms with Gasteiger partial charge in [0.25, 0.3) is 0 Å². The van der Waals surface area contributed by atoms with Gasteiger partial charge in [0.15, 0.2) is 0 Å². The number of hydrogen-bond acceptors (Lipinski definition) is 0. The maximum Gasteiger partial charge on any atom is -0.0860 e. The fraction of sp³-hybridized carbons (Fsp3) is 0.444. The predicted molar refractivity (Wildman–Crippen MR) is 89.5 cm³/mol. The van der Waals surface area contributed by atoms with Crippen molar-refractivity contribution in [1.82, 2.24) is 0 Å². The van der Waals surface area contributed by atoms with E-state index in [-0.39, 0.29) is 30.2 Å². The van der Waals surface area contributed by atoms with Gasteiger partial charge in [0, 0.05) is 0 Å². The van der Waals surface area contributed by atoms with E-state index in [9.17, 15) is 0 Å². The molecule has 0 bridgehead atoms. The predicted octanol–water partition coefficient (Wildman–Crippen LogP) is -0.219. The third-order valence-corrected chi connectivity index (χ3v) is 8.66. The van der Waals surface area contributed by atoms with Crippen LogP contribution < -0.4 is 24.8 Å². The molecule has 124 valence electrons. The van der Waals surface area contributed by atoms with Gasteiger partial charge in [0.2, 0.25) is 0 Å². The Morgan fingerprint density at radius 1 is 0.727 bits per heavy atom. The van der Waals surface area contributed by atoms with Gasteiger partial charge in [-0.2, -0.15) is 35.4 Å². The summed E-state index contributed by atoms with van der Waals surface area (Å²) >= 11 is 1.84. The van der Waals surface area contributed by atoms with Gasteiger partial charge in [0.1, 0.15) is 0 Å². The largest absolute Gasteiger partial charge is 1.00 e. The molecule has 0 N–H and O–H groups in total. The van der Waals surface area contributed by atoms with Crippen LogP contribution in [-0.4, -0.2) is 5.43 Å². The molecule has 0 amide bonds. The second kappa shape index (κ2) is 19.4. The molecule has 0 saturated heterocycles. The van der Waals surface area contributed by atoms with E-state index in [1.54, 1.807) is 12.1 Å². The van der Waals surface area contributed by atoms with E-state index in [1.165, 1.54) is 24.0 Å². The van der Waals surface area contributed by atoms with Gasteiger partial charge in [-0.15, -0.1) is 0 Å². The maximum absolute atomic E-state index is 2.30. The number of rotatable bonds is 4. The molecule has 2 aromatic carbocycles. The van der Waals surface area contributed by atoms with Crippen molar-refractivity contribution in [3.05, 3.63) is 59.7 Å². The molecule has 0 aliphatic rings. The summed E-state index contributed by atoms with van der Waals surface area (Å²) in [5.74, 6) is 0. The van der Waals surface area contributed by atoms with E-state index in [0.29, 0.717) is 0 Å². The van der Waals surface area contributed by atoms with Crippen molar-refractivity contribution in [2.75, 3.05) is 0 Å². The van der Waals surface area contributed by atoms with Crippen LogP contribution in [0, 0.1) is 13.8 Å². The van der Waals surface area contributed by atoms with E-state index in [0.717, 1.165) is 0 Å². The molecule has 0 spiro atoms. The molecule has 0 radical (unpaired) electrons. The topological polar surface area (TPSA) is 0 Å². The number of hydrogen-bond donors (Lipinski definition) is 0. The molecule has 0 nitrogen and oxygen atoms in total. The van der Waals surface area contributed by atoms with Crippen molar-refractivity contribution in [1.29, 1.82) is 0 Å². The zero-order valence-corrected chi connectivity index (χ0v) is 19.2. The molecule has 0 heterocycles. The van der Waals surface area contributed by atoms with Crippen LogP contribution >= 0.6 is 0 Å². The molecular formula is C18H28Cl2SiZr-2. The molecule has 0 fully saturated rings. The summed E-state index contributed by atoms with van der Waals surface area (Å²) in [7, 11) is 0. The Bertz CT molecular complexity index is 382. The van der Waals surface area contributed by atoms with Crippen molar-refractivity contribution in [3.8, 4) is 0 Å². The second-order valence-electron chi connectivity index (χ2n) is 5.03. The molecule has 0 aliphatic heterocycles. The minimum absolute atomic E-state index is 0. The van der Waals surface area contributed by atoms with Crippen LogP contribution in [0.3, 0.4) is 0 Å². The molecule has 22 heavy (non-hydrogen) atoms. The van der Waals surface area contributed by atoms with Crippen LogP contribution in [0.5, 0.6) is 0 Å². The van der Waals surface area contributed by atoms with Crippen molar-refractivity contribution in [2.24, 2.45) is 0 Å². The molecule has 0 unspecified atom stereocenters. The molecule has 0 aliphatic carbocycles. The van der Waals surface area contributed by atoms with Gasteiger partial charge >= 0.3 is 67.5 Å². The van der Waals surface area contributed by atoms with Gasteiger partial charge in [-0.1, -0.05) is 13.8 Å². The first-order valence-corrected chi connectivity index (χ1v) is 13.1. The molecular weight excluding hydrogens is 406 g/mol. The molecule has 0 atom stereocenters. The Morgan fingerprint density at radius 2 is 1.00 bits per heavy atom. The molecule has 2 aromatic rings. The first kappa shape index (κ1) is 27.2. The van der Waals surface area contributed by atoms with Crippen LogP contribution in [0.2, 0.25) is 12.1 Å². The summed E-state index contributed by atoms with van der Waals surface area (Å²) in [5, 5.41) is 0. The smallest absolute Gasteiger partial charge is 0.0860 e. The van der Waals surface area contributed by atoms with Crippen LogP contribution in [0.1, 0.15) is 37.8 Å². The summed E-state index contributed by atoms with van der Waals surface area (Å²) in [6.45, 7) is 8.76. The Labute approximate surface area is 165 Å². The van der Waals surface area contributed by atoms with Crippen LogP contribution in [0.4, 0.5) is 0 Å². The normalized spacial score (nSPS) is 8.27. The summed E-state index contributed by atoms with van der Waals surface area (Å²) in [4.78, 5) is 0. The van der Waals surface area contributed by atoms with Crippen LogP contribution in [0.25, 0.3) is 0 Å². The average Bonchev–Trinajstić information content (AvgIpc) is 3.05. The van der Waals surface area contributed by atoms with Gasteiger partial charge in [-0.05, 0) is 0 Å². The minimum atomic E-state index is 0. The summed E-state index contributed by atoms with van der Waals surface area (Å²) in [6, 6.07) is 19.6. The maximum atomic E-state index is 2.30. The Balaban J connectivity index is -0.000000237. The van der Waals surface area contributed by atoms with E-state index in [4.69, 9.17) is 0 Å². The molecule has 2 rings (SSSR count). The summed E-state index contributed by atoms with van der Waals surface area (Å²) in [5.41, 5.74) is 2.88. The number of halogens is 2. The van der Waals surface area contributed by atoms with Gasteiger partial charge in [-0.25, -0.2) is 24.3 Å². The Morgan fingerprint density at radius 3 is 1.14 bits per heavy atom. The average molecular weight is 435 g/mol. The fourth-order valence-corrected chi connectivity index (χ4v) is 6.81. The van der Waals surface area contributed by atoms with E-state index >= 15 is 0 Å². The Hall–Kier alpha value is 0.380.